The predicted molar refractivity (Wildman–Crippen MR) is 56.3 cm³/mol. The zero-order valence-corrected chi connectivity index (χ0v) is 8.63. The standard InChI is InChI=1S/C11H15ClO/c1-2-13-11(9-12)8-10-6-4-3-5-7-10/h3-7,11H,2,8-9H2,1H3. The molecular formula is C11H15ClO. The van der Waals surface area contributed by atoms with Gasteiger partial charge >= 0.3 is 0 Å². The highest BCUT2D eigenvalue weighted by Gasteiger charge is 2.06. The molecule has 0 saturated heterocycles. The predicted octanol–water partition coefficient (Wildman–Crippen LogP) is 2.87. The maximum absolute atomic E-state index is 5.77. The van der Waals surface area contributed by atoms with Crippen molar-refractivity contribution in [2.45, 2.75) is 19.4 Å². The van der Waals surface area contributed by atoms with Crippen molar-refractivity contribution in [3.63, 3.8) is 0 Å². The number of alkyl halides is 1. The van der Waals surface area contributed by atoms with Gasteiger partial charge in [-0.3, -0.25) is 0 Å². The van der Waals surface area contributed by atoms with Crippen LogP contribution in [0.3, 0.4) is 0 Å². The molecule has 1 nitrogen and oxygen atoms in total. The molecule has 0 aliphatic heterocycles. The zero-order valence-electron chi connectivity index (χ0n) is 7.87. The topological polar surface area (TPSA) is 9.23 Å². The quantitative estimate of drug-likeness (QED) is 0.662. The Kier molecular flexibility index (Phi) is 4.87. The molecule has 1 rings (SSSR count). The van der Waals surface area contributed by atoms with Crippen LogP contribution in [0.5, 0.6) is 0 Å². The van der Waals surface area contributed by atoms with Gasteiger partial charge in [0, 0.05) is 12.5 Å². The van der Waals surface area contributed by atoms with Crippen molar-refractivity contribution in [3.8, 4) is 0 Å². The maximum Gasteiger partial charge on any atom is 0.0750 e. The summed E-state index contributed by atoms with van der Waals surface area (Å²) in [4.78, 5) is 0. The molecule has 1 aromatic rings. The van der Waals surface area contributed by atoms with Gasteiger partial charge in [-0.25, -0.2) is 0 Å². The van der Waals surface area contributed by atoms with E-state index in [-0.39, 0.29) is 6.10 Å². The van der Waals surface area contributed by atoms with E-state index >= 15 is 0 Å². The van der Waals surface area contributed by atoms with Crippen molar-refractivity contribution in [2.75, 3.05) is 12.5 Å². The summed E-state index contributed by atoms with van der Waals surface area (Å²) in [5.74, 6) is 0.558. The van der Waals surface area contributed by atoms with E-state index in [2.05, 4.69) is 12.1 Å². The van der Waals surface area contributed by atoms with E-state index in [1.165, 1.54) is 5.56 Å². The monoisotopic (exact) mass is 198 g/mol. The second-order valence-corrected chi connectivity index (χ2v) is 3.23. The Labute approximate surface area is 84.7 Å². The van der Waals surface area contributed by atoms with Crippen LogP contribution >= 0.6 is 11.6 Å². The average Bonchev–Trinajstić information content (AvgIpc) is 2.19. The average molecular weight is 199 g/mol. The number of halogens is 1. The Morgan fingerprint density at radius 2 is 2.00 bits per heavy atom. The minimum Gasteiger partial charge on any atom is -0.377 e. The van der Waals surface area contributed by atoms with E-state index in [9.17, 15) is 0 Å². The molecule has 0 spiro atoms. The summed E-state index contributed by atoms with van der Waals surface area (Å²) in [6, 6.07) is 10.3. The van der Waals surface area contributed by atoms with Gasteiger partial charge in [-0.2, -0.15) is 0 Å². The van der Waals surface area contributed by atoms with Crippen molar-refractivity contribution in [1.29, 1.82) is 0 Å². The summed E-state index contributed by atoms with van der Waals surface area (Å²) >= 11 is 5.77. The fourth-order valence-corrected chi connectivity index (χ4v) is 1.47. The lowest BCUT2D eigenvalue weighted by Crippen LogP contribution is -2.17. The molecule has 1 unspecified atom stereocenters. The summed E-state index contributed by atoms with van der Waals surface area (Å²) < 4.78 is 5.46. The molecule has 0 saturated carbocycles. The van der Waals surface area contributed by atoms with Crippen molar-refractivity contribution in [1.82, 2.24) is 0 Å². The van der Waals surface area contributed by atoms with E-state index in [1.807, 2.05) is 25.1 Å². The van der Waals surface area contributed by atoms with Gasteiger partial charge in [0.1, 0.15) is 0 Å². The second-order valence-electron chi connectivity index (χ2n) is 2.92. The smallest absolute Gasteiger partial charge is 0.0750 e. The normalized spacial score (nSPS) is 12.8. The van der Waals surface area contributed by atoms with Gasteiger partial charge < -0.3 is 4.74 Å². The van der Waals surface area contributed by atoms with Crippen LogP contribution in [-0.2, 0) is 11.2 Å². The number of hydrogen-bond acceptors (Lipinski definition) is 1. The molecule has 0 amide bonds. The summed E-state index contributed by atoms with van der Waals surface area (Å²) in [7, 11) is 0. The molecule has 0 aliphatic rings. The highest BCUT2D eigenvalue weighted by molar-refractivity contribution is 6.18. The molecule has 0 bridgehead atoms. The minimum atomic E-state index is 0.147. The maximum atomic E-state index is 5.77. The van der Waals surface area contributed by atoms with E-state index in [0.717, 1.165) is 13.0 Å². The lowest BCUT2D eigenvalue weighted by molar-refractivity contribution is 0.0792. The summed E-state index contributed by atoms with van der Waals surface area (Å²) in [5, 5.41) is 0. The largest absolute Gasteiger partial charge is 0.377 e. The zero-order chi connectivity index (χ0) is 9.52. The summed E-state index contributed by atoms with van der Waals surface area (Å²) in [6.07, 6.45) is 1.05. The van der Waals surface area contributed by atoms with Gasteiger partial charge in [0.15, 0.2) is 0 Å². The van der Waals surface area contributed by atoms with Crippen molar-refractivity contribution < 1.29 is 4.74 Å². The van der Waals surface area contributed by atoms with Crippen LogP contribution in [0.25, 0.3) is 0 Å². The lowest BCUT2D eigenvalue weighted by Gasteiger charge is -2.13. The van der Waals surface area contributed by atoms with E-state index in [1.54, 1.807) is 0 Å². The molecule has 0 radical (unpaired) electrons. The molecular weight excluding hydrogens is 184 g/mol. The number of rotatable bonds is 5. The minimum absolute atomic E-state index is 0.147. The van der Waals surface area contributed by atoms with Gasteiger partial charge in [0.2, 0.25) is 0 Å². The summed E-state index contributed by atoms with van der Waals surface area (Å²) in [5.41, 5.74) is 1.28. The van der Waals surface area contributed by atoms with E-state index in [4.69, 9.17) is 16.3 Å². The van der Waals surface area contributed by atoms with Crippen LogP contribution in [0.4, 0.5) is 0 Å². The Hall–Kier alpha value is -0.530. The highest BCUT2D eigenvalue weighted by Crippen LogP contribution is 2.07. The third kappa shape index (κ3) is 3.79. The van der Waals surface area contributed by atoms with Gasteiger partial charge in [-0.15, -0.1) is 11.6 Å². The first-order chi connectivity index (χ1) is 6.36. The van der Waals surface area contributed by atoms with Crippen LogP contribution in [0, 0.1) is 0 Å². The molecule has 1 aromatic carbocycles. The first-order valence-corrected chi connectivity index (χ1v) is 5.11. The van der Waals surface area contributed by atoms with E-state index < -0.39 is 0 Å². The van der Waals surface area contributed by atoms with Crippen LogP contribution in [0.1, 0.15) is 12.5 Å². The number of hydrogen-bond donors (Lipinski definition) is 0. The Bertz CT molecular complexity index is 223. The highest BCUT2D eigenvalue weighted by atomic mass is 35.5. The van der Waals surface area contributed by atoms with Gasteiger partial charge in [-0.1, -0.05) is 30.3 Å². The van der Waals surface area contributed by atoms with Crippen molar-refractivity contribution in [3.05, 3.63) is 35.9 Å². The first kappa shape index (κ1) is 10.6. The second kappa shape index (κ2) is 6.01. The SMILES string of the molecule is CCOC(CCl)Cc1ccccc1. The fraction of sp³-hybridized carbons (Fsp3) is 0.455. The third-order valence-corrected chi connectivity index (χ3v) is 2.22. The molecule has 0 N–H and O–H groups in total. The number of ether oxygens (including phenoxy) is 1. The Morgan fingerprint density at radius 3 is 2.54 bits per heavy atom. The molecule has 0 heterocycles. The van der Waals surface area contributed by atoms with Crippen molar-refractivity contribution in [2.24, 2.45) is 0 Å². The molecule has 0 fully saturated rings. The molecule has 0 aliphatic carbocycles. The summed E-state index contributed by atoms with van der Waals surface area (Å²) in [6.45, 7) is 2.72. The van der Waals surface area contributed by atoms with Crippen LogP contribution in [0.15, 0.2) is 30.3 Å². The van der Waals surface area contributed by atoms with Crippen LogP contribution in [0.2, 0.25) is 0 Å². The Balaban J connectivity index is 2.46. The Morgan fingerprint density at radius 1 is 1.31 bits per heavy atom. The number of benzene rings is 1. The van der Waals surface area contributed by atoms with Crippen LogP contribution in [-0.4, -0.2) is 18.6 Å². The molecule has 13 heavy (non-hydrogen) atoms. The van der Waals surface area contributed by atoms with Gasteiger partial charge in [0.05, 0.1) is 6.10 Å². The molecule has 1 atom stereocenters. The molecule has 0 aromatic heterocycles. The van der Waals surface area contributed by atoms with Gasteiger partial charge in [0.25, 0.3) is 0 Å². The third-order valence-electron chi connectivity index (χ3n) is 1.88. The molecule has 72 valence electrons. The van der Waals surface area contributed by atoms with Crippen LogP contribution < -0.4 is 0 Å². The van der Waals surface area contributed by atoms with E-state index in [0.29, 0.717) is 5.88 Å². The first-order valence-electron chi connectivity index (χ1n) is 4.58. The van der Waals surface area contributed by atoms with Crippen molar-refractivity contribution >= 4 is 11.6 Å². The fourth-order valence-electron chi connectivity index (χ4n) is 1.27. The van der Waals surface area contributed by atoms with Gasteiger partial charge in [-0.05, 0) is 18.9 Å². The molecule has 2 heteroatoms. The lowest BCUT2D eigenvalue weighted by atomic mass is 10.1.